The van der Waals surface area contributed by atoms with Crippen molar-refractivity contribution in [3.8, 4) is 17.5 Å². The number of amides is 2. The molecule has 4 heterocycles. The van der Waals surface area contributed by atoms with Crippen molar-refractivity contribution in [3.05, 3.63) is 41.2 Å². The van der Waals surface area contributed by atoms with Crippen LogP contribution in [0.15, 0.2) is 30.6 Å². The lowest BCUT2D eigenvalue weighted by Gasteiger charge is -2.37. The van der Waals surface area contributed by atoms with Crippen molar-refractivity contribution in [2.45, 2.75) is 19.5 Å². The zero-order valence-corrected chi connectivity index (χ0v) is 21.5. The zero-order valence-electron chi connectivity index (χ0n) is 20.7. The third-order valence-corrected chi connectivity index (χ3v) is 6.67. The maximum absolute atomic E-state index is 13.1. The minimum absolute atomic E-state index is 0.146. The Morgan fingerprint density at radius 3 is 2.86 bits per heavy atom. The van der Waals surface area contributed by atoms with E-state index in [0.717, 1.165) is 17.4 Å². The summed E-state index contributed by atoms with van der Waals surface area (Å²) in [6, 6.07) is 6.98. The number of hydrogen-bond acceptors (Lipinski definition) is 7. The van der Waals surface area contributed by atoms with Gasteiger partial charge in [-0.1, -0.05) is 11.6 Å². The number of hydrogen-bond donors (Lipinski definition) is 2. The first kappa shape index (κ1) is 24.7. The smallest absolute Gasteiger partial charge is 0.255 e. The van der Waals surface area contributed by atoms with Gasteiger partial charge in [0.2, 0.25) is 5.91 Å². The van der Waals surface area contributed by atoms with Crippen LogP contribution in [0.5, 0.6) is 0 Å². The highest BCUT2D eigenvalue weighted by Crippen LogP contribution is 2.30. The number of nitrogens with one attached hydrogen (secondary N) is 2. The average molecular weight is 520 g/mol. The molecule has 1 fully saturated rings. The molecule has 1 saturated heterocycles. The van der Waals surface area contributed by atoms with Crippen molar-refractivity contribution in [3.63, 3.8) is 0 Å². The van der Waals surface area contributed by atoms with Crippen molar-refractivity contribution in [1.82, 2.24) is 39.8 Å². The minimum atomic E-state index is -0.741. The third kappa shape index (κ3) is 4.73. The van der Waals surface area contributed by atoms with Gasteiger partial charge in [-0.25, -0.2) is 9.97 Å². The highest BCUT2D eigenvalue weighted by molar-refractivity contribution is 6.31. The summed E-state index contributed by atoms with van der Waals surface area (Å²) in [4.78, 5) is 41.5. The van der Waals surface area contributed by atoms with Crippen LogP contribution in [0, 0.1) is 17.2 Å². The predicted octanol–water partition coefficient (Wildman–Crippen LogP) is 2.29. The van der Waals surface area contributed by atoms with Crippen LogP contribution in [0.2, 0.25) is 5.02 Å². The monoisotopic (exact) mass is 519 g/mol. The van der Waals surface area contributed by atoms with E-state index < -0.39 is 11.9 Å². The first-order chi connectivity index (χ1) is 17.7. The van der Waals surface area contributed by atoms with E-state index in [4.69, 9.17) is 26.9 Å². The van der Waals surface area contributed by atoms with Crippen molar-refractivity contribution in [2.24, 2.45) is 5.92 Å². The summed E-state index contributed by atoms with van der Waals surface area (Å²) >= 11 is 6.27. The van der Waals surface area contributed by atoms with Crippen molar-refractivity contribution in [2.75, 3.05) is 33.7 Å². The predicted molar refractivity (Wildman–Crippen MR) is 139 cm³/mol. The molecule has 1 aliphatic heterocycles. The van der Waals surface area contributed by atoms with Crippen LogP contribution in [-0.4, -0.2) is 86.1 Å². The van der Waals surface area contributed by atoms with Gasteiger partial charge in [0.05, 0.1) is 35.8 Å². The number of likely N-dealkylation sites (tertiary alicyclic amines) is 1. The van der Waals surface area contributed by atoms with Gasteiger partial charge in [0.15, 0.2) is 5.65 Å². The number of halogens is 1. The van der Waals surface area contributed by atoms with Gasteiger partial charge in [0, 0.05) is 36.2 Å². The number of fused-ring (bicyclic) bond motifs is 2. The number of nitrogens with zero attached hydrogens (tertiary/aromatic N) is 7. The van der Waals surface area contributed by atoms with E-state index in [1.54, 1.807) is 18.0 Å². The topological polar surface area (TPSA) is 136 Å². The summed E-state index contributed by atoms with van der Waals surface area (Å²) in [6.45, 7) is 3.86. The Bertz CT molecular complexity index is 1550. The van der Waals surface area contributed by atoms with Gasteiger partial charge in [0.25, 0.3) is 5.91 Å². The van der Waals surface area contributed by atoms with Crippen LogP contribution in [0.25, 0.3) is 33.5 Å². The minimum Gasteiger partial charge on any atom is -0.344 e. The van der Waals surface area contributed by atoms with Gasteiger partial charge in [0.1, 0.15) is 22.9 Å². The molecule has 0 radical (unpaired) electrons. The molecule has 0 spiro atoms. The molecule has 5 rings (SSSR count). The van der Waals surface area contributed by atoms with Gasteiger partial charge >= 0.3 is 0 Å². The Morgan fingerprint density at radius 2 is 2.14 bits per heavy atom. The summed E-state index contributed by atoms with van der Waals surface area (Å²) in [5.74, 6) is -0.809. The number of carbonyl (C=O) groups excluding carboxylic acids is 2. The second kappa shape index (κ2) is 9.80. The molecule has 37 heavy (non-hydrogen) atoms. The molecule has 190 valence electrons. The molecule has 1 unspecified atom stereocenters. The second-order valence-electron chi connectivity index (χ2n) is 9.46. The Labute approximate surface area is 218 Å². The van der Waals surface area contributed by atoms with E-state index in [1.165, 1.54) is 6.20 Å². The molecule has 4 aromatic rings. The molecule has 0 bridgehead atoms. The molecule has 2 amide bonds. The normalized spacial score (nSPS) is 14.6. The molecule has 1 aliphatic rings. The summed E-state index contributed by atoms with van der Waals surface area (Å²) in [5.41, 5.74) is 3.15. The van der Waals surface area contributed by atoms with Crippen LogP contribution in [0.1, 0.15) is 17.3 Å². The van der Waals surface area contributed by atoms with Crippen LogP contribution in [0.4, 0.5) is 0 Å². The van der Waals surface area contributed by atoms with Crippen molar-refractivity contribution in [1.29, 1.82) is 5.26 Å². The van der Waals surface area contributed by atoms with E-state index in [2.05, 4.69) is 26.3 Å². The SMILES string of the molecule is CC(NC(=O)c1c[nH]c2ncc(-c3nn(CCN(C)C)c4cc(Cl)ccc34)nc12)C(=O)N1CC(C#N)C1. The molecule has 0 saturated carbocycles. The van der Waals surface area contributed by atoms with Crippen LogP contribution >= 0.6 is 11.6 Å². The van der Waals surface area contributed by atoms with E-state index in [9.17, 15) is 9.59 Å². The quantitative estimate of drug-likeness (QED) is 0.382. The molecule has 2 N–H and O–H groups in total. The summed E-state index contributed by atoms with van der Waals surface area (Å²) in [5, 5.41) is 18.0. The fourth-order valence-corrected chi connectivity index (χ4v) is 4.50. The van der Waals surface area contributed by atoms with E-state index >= 15 is 0 Å². The summed E-state index contributed by atoms with van der Waals surface area (Å²) in [6.07, 6.45) is 3.15. The molecular formula is C25H26ClN9O2. The molecule has 0 aliphatic carbocycles. The third-order valence-electron chi connectivity index (χ3n) is 6.43. The number of rotatable bonds is 7. The number of likely N-dealkylation sites (N-methyl/N-ethyl adjacent to an activating group) is 1. The number of aromatic nitrogens is 5. The Kier molecular flexibility index (Phi) is 6.54. The number of H-pyrrole nitrogens is 1. The Morgan fingerprint density at radius 1 is 1.35 bits per heavy atom. The summed E-state index contributed by atoms with van der Waals surface area (Å²) in [7, 11) is 4.00. The van der Waals surface area contributed by atoms with Gasteiger partial charge < -0.3 is 20.1 Å². The molecule has 3 aromatic heterocycles. The van der Waals surface area contributed by atoms with Crippen molar-refractivity contribution >= 4 is 45.5 Å². The van der Waals surface area contributed by atoms with Gasteiger partial charge in [-0.3, -0.25) is 14.3 Å². The lowest BCUT2D eigenvalue weighted by molar-refractivity contribution is -0.137. The largest absolute Gasteiger partial charge is 0.344 e. The lowest BCUT2D eigenvalue weighted by atomic mass is 10.0. The van der Waals surface area contributed by atoms with Gasteiger partial charge in [-0.05, 0) is 39.2 Å². The first-order valence-corrected chi connectivity index (χ1v) is 12.3. The van der Waals surface area contributed by atoms with E-state index in [1.807, 2.05) is 37.0 Å². The van der Waals surface area contributed by atoms with Crippen molar-refractivity contribution < 1.29 is 9.59 Å². The number of nitriles is 1. The van der Waals surface area contributed by atoms with E-state index in [0.29, 0.717) is 47.2 Å². The number of carbonyl (C=O) groups is 2. The fraction of sp³-hybridized carbons (Fsp3) is 0.360. The van der Waals surface area contributed by atoms with Crippen LogP contribution in [-0.2, 0) is 11.3 Å². The van der Waals surface area contributed by atoms with Gasteiger partial charge in [-0.2, -0.15) is 10.4 Å². The zero-order chi connectivity index (χ0) is 26.3. The fourth-order valence-electron chi connectivity index (χ4n) is 4.33. The number of aromatic amines is 1. The standard InChI is InChI=1S/C25H26ClN9O2/c1-14(25(37)34-12-15(9-27)13-34)30-24(36)18-10-28-23-22(18)31-19(11-29-23)21-17-5-4-16(26)8-20(17)35(32-21)7-6-33(2)3/h4-5,8,10-11,14-15H,6-7,12-13H2,1-3H3,(H,28,29)(H,30,36). The molecular weight excluding hydrogens is 494 g/mol. The van der Waals surface area contributed by atoms with E-state index in [-0.39, 0.29) is 17.4 Å². The Balaban J connectivity index is 1.44. The molecule has 1 atom stereocenters. The highest BCUT2D eigenvalue weighted by atomic mass is 35.5. The molecule has 11 nitrogen and oxygen atoms in total. The van der Waals surface area contributed by atoms with Crippen LogP contribution in [0.3, 0.4) is 0 Å². The molecule has 1 aromatic carbocycles. The summed E-state index contributed by atoms with van der Waals surface area (Å²) < 4.78 is 1.90. The Hall–Kier alpha value is -4.01. The number of benzene rings is 1. The first-order valence-electron chi connectivity index (χ1n) is 11.9. The maximum atomic E-state index is 13.1. The lowest BCUT2D eigenvalue weighted by Crippen LogP contribution is -2.55. The molecule has 12 heteroatoms. The highest BCUT2D eigenvalue weighted by Gasteiger charge is 2.33. The van der Waals surface area contributed by atoms with Crippen LogP contribution < -0.4 is 5.32 Å². The second-order valence-corrected chi connectivity index (χ2v) is 9.89. The average Bonchev–Trinajstić information content (AvgIpc) is 3.42. The van der Waals surface area contributed by atoms with Gasteiger partial charge in [-0.15, -0.1) is 0 Å². The maximum Gasteiger partial charge on any atom is 0.255 e.